The number of benzene rings is 2. The molecule has 0 spiro atoms. The van der Waals surface area contributed by atoms with Crippen molar-refractivity contribution in [1.29, 1.82) is 0 Å². The van der Waals surface area contributed by atoms with Gasteiger partial charge in [-0.3, -0.25) is 4.79 Å². The highest BCUT2D eigenvalue weighted by atomic mass is 35.5. The highest BCUT2D eigenvalue weighted by Gasteiger charge is 2.23. The van der Waals surface area contributed by atoms with E-state index in [4.69, 9.17) is 27.9 Å². The second kappa shape index (κ2) is 12.3. The molecule has 34 heavy (non-hydrogen) atoms. The van der Waals surface area contributed by atoms with Gasteiger partial charge in [0.05, 0.1) is 22.2 Å². The van der Waals surface area contributed by atoms with Gasteiger partial charge in [0.2, 0.25) is 0 Å². The van der Waals surface area contributed by atoms with Crippen LogP contribution in [0.3, 0.4) is 0 Å². The Hall–Kier alpha value is -3.29. The summed E-state index contributed by atoms with van der Waals surface area (Å²) in [5.74, 6) is -0.290. The predicted molar refractivity (Wildman–Crippen MR) is 133 cm³/mol. The molecule has 2 aromatic carbocycles. The topological polar surface area (TPSA) is 101 Å². The Kier molecular flexibility index (Phi) is 9.13. The standard InChI is InChI=1S/C25H25Cl2N3O4/c1-16-10-12-29-22(14-16)28-11-3-13-34-18-8-6-17(7-9-18)15-21(25(32)33)30-24(31)23-19(26)4-2-5-20(23)27/h2,4-10,12,14,21H,3,11,13,15H2,1H3,(H,28,29)(H,30,31)(H,32,33)/t21-/m0/s1. The summed E-state index contributed by atoms with van der Waals surface area (Å²) in [6, 6.07) is 14.5. The number of carbonyl (C=O) groups excluding carboxylic acids is 1. The summed E-state index contributed by atoms with van der Waals surface area (Å²) in [6.45, 7) is 3.26. The highest BCUT2D eigenvalue weighted by molar-refractivity contribution is 6.39. The number of ether oxygens (including phenoxy) is 1. The first-order valence-corrected chi connectivity index (χ1v) is 11.4. The maximum absolute atomic E-state index is 12.6. The van der Waals surface area contributed by atoms with E-state index in [0.29, 0.717) is 12.4 Å². The van der Waals surface area contributed by atoms with Crippen molar-refractivity contribution in [1.82, 2.24) is 10.3 Å². The maximum Gasteiger partial charge on any atom is 0.326 e. The zero-order chi connectivity index (χ0) is 24.5. The van der Waals surface area contributed by atoms with E-state index in [0.717, 1.165) is 29.9 Å². The first-order valence-electron chi connectivity index (χ1n) is 10.7. The fourth-order valence-corrected chi connectivity index (χ4v) is 3.78. The fraction of sp³-hybridized carbons (Fsp3) is 0.240. The molecule has 9 heteroatoms. The normalized spacial score (nSPS) is 11.5. The summed E-state index contributed by atoms with van der Waals surface area (Å²) in [5.41, 5.74) is 1.93. The number of rotatable bonds is 11. The van der Waals surface area contributed by atoms with Crippen LogP contribution in [0.15, 0.2) is 60.8 Å². The van der Waals surface area contributed by atoms with Gasteiger partial charge in [-0.25, -0.2) is 9.78 Å². The SMILES string of the molecule is Cc1ccnc(NCCCOc2ccc(C[C@H](NC(=O)c3c(Cl)cccc3Cl)C(=O)O)cc2)c1. The van der Waals surface area contributed by atoms with Crippen molar-refractivity contribution in [3.05, 3.63) is 87.5 Å². The number of nitrogens with zero attached hydrogens (tertiary/aromatic N) is 1. The van der Waals surface area contributed by atoms with E-state index in [1.54, 1.807) is 36.5 Å². The van der Waals surface area contributed by atoms with Crippen molar-refractivity contribution in [2.24, 2.45) is 0 Å². The van der Waals surface area contributed by atoms with Crippen LogP contribution in [-0.4, -0.2) is 41.2 Å². The zero-order valence-electron chi connectivity index (χ0n) is 18.6. The average Bonchev–Trinajstić information content (AvgIpc) is 2.79. The van der Waals surface area contributed by atoms with Gasteiger partial charge in [-0.05, 0) is 60.9 Å². The number of aromatic nitrogens is 1. The number of aliphatic carboxylic acids is 1. The van der Waals surface area contributed by atoms with Crippen LogP contribution >= 0.6 is 23.2 Å². The van der Waals surface area contributed by atoms with E-state index in [2.05, 4.69) is 15.6 Å². The Morgan fingerprint density at radius 2 is 1.79 bits per heavy atom. The molecule has 7 nitrogen and oxygen atoms in total. The Morgan fingerprint density at radius 3 is 2.44 bits per heavy atom. The minimum absolute atomic E-state index is 0.0495. The number of carbonyl (C=O) groups is 2. The Balaban J connectivity index is 1.48. The lowest BCUT2D eigenvalue weighted by Crippen LogP contribution is -2.42. The third kappa shape index (κ3) is 7.37. The van der Waals surface area contributed by atoms with Gasteiger partial charge in [-0.2, -0.15) is 0 Å². The number of anilines is 1. The van der Waals surface area contributed by atoms with Crippen LogP contribution in [0.2, 0.25) is 10.0 Å². The molecule has 0 saturated heterocycles. The molecule has 0 unspecified atom stereocenters. The van der Waals surface area contributed by atoms with E-state index >= 15 is 0 Å². The number of halogens is 2. The van der Waals surface area contributed by atoms with Crippen molar-refractivity contribution in [2.75, 3.05) is 18.5 Å². The number of hydrogen-bond acceptors (Lipinski definition) is 5. The van der Waals surface area contributed by atoms with Gasteiger partial charge >= 0.3 is 5.97 Å². The summed E-state index contributed by atoms with van der Waals surface area (Å²) in [6.07, 6.45) is 2.65. The van der Waals surface area contributed by atoms with Crippen LogP contribution < -0.4 is 15.4 Å². The molecule has 0 aliphatic rings. The maximum atomic E-state index is 12.6. The zero-order valence-corrected chi connectivity index (χ0v) is 20.1. The van der Waals surface area contributed by atoms with E-state index < -0.39 is 17.9 Å². The molecule has 1 atom stereocenters. The first kappa shape index (κ1) is 25.3. The lowest BCUT2D eigenvalue weighted by atomic mass is 10.1. The van der Waals surface area contributed by atoms with Crippen LogP contribution in [0, 0.1) is 6.92 Å². The number of nitrogens with one attached hydrogen (secondary N) is 2. The highest BCUT2D eigenvalue weighted by Crippen LogP contribution is 2.24. The smallest absolute Gasteiger partial charge is 0.326 e. The summed E-state index contributed by atoms with van der Waals surface area (Å²) in [5, 5.41) is 15.6. The van der Waals surface area contributed by atoms with E-state index in [1.165, 1.54) is 12.1 Å². The molecule has 178 valence electrons. The number of carboxylic acids is 1. The minimum Gasteiger partial charge on any atom is -0.494 e. The van der Waals surface area contributed by atoms with Crippen LogP contribution in [0.5, 0.6) is 5.75 Å². The molecule has 3 N–H and O–H groups in total. The van der Waals surface area contributed by atoms with E-state index in [1.807, 2.05) is 19.1 Å². The third-order valence-corrected chi connectivity index (χ3v) is 5.60. The largest absolute Gasteiger partial charge is 0.494 e. The lowest BCUT2D eigenvalue weighted by Gasteiger charge is -2.16. The van der Waals surface area contributed by atoms with Crippen molar-refractivity contribution in [3.63, 3.8) is 0 Å². The van der Waals surface area contributed by atoms with Crippen LogP contribution in [-0.2, 0) is 11.2 Å². The van der Waals surface area contributed by atoms with Gasteiger partial charge in [0, 0.05) is 19.2 Å². The molecule has 3 rings (SSSR count). The molecule has 0 aliphatic heterocycles. The lowest BCUT2D eigenvalue weighted by molar-refractivity contribution is -0.139. The minimum atomic E-state index is -1.16. The average molecular weight is 502 g/mol. The monoisotopic (exact) mass is 501 g/mol. The molecule has 1 heterocycles. The molecular formula is C25H25Cl2N3O4. The number of aryl methyl sites for hydroxylation is 1. The molecule has 1 amide bonds. The Bertz CT molecular complexity index is 1120. The number of carboxylic acid groups (broad SMARTS) is 1. The molecule has 1 aromatic heterocycles. The van der Waals surface area contributed by atoms with Crippen LogP contribution in [0.25, 0.3) is 0 Å². The van der Waals surface area contributed by atoms with Crippen molar-refractivity contribution in [3.8, 4) is 5.75 Å². The number of pyridine rings is 1. The molecule has 0 radical (unpaired) electrons. The quantitative estimate of drug-likeness (QED) is 0.319. The van der Waals surface area contributed by atoms with E-state index in [9.17, 15) is 14.7 Å². The van der Waals surface area contributed by atoms with Crippen molar-refractivity contribution < 1.29 is 19.4 Å². The van der Waals surface area contributed by atoms with Gasteiger partial charge in [0.1, 0.15) is 17.6 Å². The molecule has 0 aliphatic carbocycles. The molecule has 0 bridgehead atoms. The van der Waals surface area contributed by atoms with Gasteiger partial charge in [0.15, 0.2) is 0 Å². The van der Waals surface area contributed by atoms with E-state index in [-0.39, 0.29) is 22.0 Å². The summed E-state index contributed by atoms with van der Waals surface area (Å²) in [4.78, 5) is 28.5. The second-order valence-electron chi connectivity index (χ2n) is 7.66. The Morgan fingerprint density at radius 1 is 1.09 bits per heavy atom. The Labute approximate surface area is 208 Å². The summed E-state index contributed by atoms with van der Waals surface area (Å²) < 4.78 is 5.75. The van der Waals surface area contributed by atoms with Gasteiger partial charge in [0.25, 0.3) is 5.91 Å². The fourth-order valence-electron chi connectivity index (χ4n) is 3.21. The molecule has 3 aromatic rings. The summed E-state index contributed by atoms with van der Waals surface area (Å²) in [7, 11) is 0. The molecular weight excluding hydrogens is 477 g/mol. The summed E-state index contributed by atoms with van der Waals surface area (Å²) >= 11 is 12.1. The second-order valence-corrected chi connectivity index (χ2v) is 8.47. The van der Waals surface area contributed by atoms with Crippen molar-refractivity contribution >= 4 is 40.9 Å². The van der Waals surface area contributed by atoms with Gasteiger partial charge < -0.3 is 20.5 Å². The predicted octanol–water partition coefficient (Wildman–Crippen LogP) is 5.00. The van der Waals surface area contributed by atoms with Crippen LogP contribution in [0.4, 0.5) is 5.82 Å². The molecule has 0 fully saturated rings. The number of hydrogen-bond donors (Lipinski definition) is 3. The van der Waals surface area contributed by atoms with Crippen molar-refractivity contribution in [2.45, 2.75) is 25.8 Å². The first-order chi connectivity index (χ1) is 16.3. The van der Waals surface area contributed by atoms with Gasteiger partial charge in [-0.15, -0.1) is 0 Å². The van der Waals surface area contributed by atoms with Gasteiger partial charge in [-0.1, -0.05) is 41.4 Å². The number of amides is 1. The third-order valence-electron chi connectivity index (χ3n) is 4.97. The molecule has 0 saturated carbocycles. The van der Waals surface area contributed by atoms with Crippen LogP contribution in [0.1, 0.15) is 27.9 Å².